The van der Waals surface area contributed by atoms with Gasteiger partial charge in [0.05, 0.1) is 11.4 Å². The second-order valence-electron chi connectivity index (χ2n) is 5.79. The van der Waals surface area contributed by atoms with Crippen molar-refractivity contribution in [1.82, 2.24) is 15.5 Å². The molecule has 0 bridgehead atoms. The van der Waals surface area contributed by atoms with Crippen LogP contribution in [-0.2, 0) is 11.2 Å². The second-order valence-corrected chi connectivity index (χ2v) is 5.79. The van der Waals surface area contributed by atoms with Crippen molar-refractivity contribution >= 4 is 23.3 Å². The molecule has 3 amide bonds. The summed E-state index contributed by atoms with van der Waals surface area (Å²) in [5, 5.41) is 15.3. The fourth-order valence-corrected chi connectivity index (χ4v) is 2.49. The van der Waals surface area contributed by atoms with Crippen molar-refractivity contribution in [2.45, 2.75) is 26.3 Å². The minimum absolute atomic E-state index is 0.0250. The Morgan fingerprint density at radius 1 is 1.42 bits per heavy atom. The molecule has 126 valence electrons. The van der Waals surface area contributed by atoms with Crippen molar-refractivity contribution in [2.75, 3.05) is 17.2 Å². The Morgan fingerprint density at radius 2 is 2.25 bits per heavy atom. The van der Waals surface area contributed by atoms with E-state index < -0.39 is 0 Å². The van der Waals surface area contributed by atoms with Gasteiger partial charge in [0.25, 0.3) is 5.91 Å². The van der Waals surface area contributed by atoms with E-state index in [1.165, 1.54) is 0 Å². The third-order valence-electron chi connectivity index (χ3n) is 3.52. The molecule has 0 unspecified atom stereocenters. The average molecular weight is 329 g/mol. The number of urea groups is 1. The number of rotatable bonds is 4. The lowest BCUT2D eigenvalue weighted by Gasteiger charge is -2.19. The van der Waals surface area contributed by atoms with Gasteiger partial charge in [0.15, 0.2) is 6.61 Å². The van der Waals surface area contributed by atoms with Crippen LogP contribution in [-0.4, -0.2) is 34.8 Å². The number of nitrogens with zero attached hydrogens (tertiary/aromatic N) is 1. The highest BCUT2D eigenvalue weighted by atomic mass is 16.5. The van der Waals surface area contributed by atoms with Crippen molar-refractivity contribution in [3.63, 3.8) is 0 Å². The molecule has 0 fully saturated rings. The largest absolute Gasteiger partial charge is 0.482 e. The summed E-state index contributed by atoms with van der Waals surface area (Å²) in [5.74, 6) is 0.343. The molecule has 4 N–H and O–H groups in total. The topological polar surface area (TPSA) is 108 Å². The molecule has 3 rings (SSSR count). The minimum Gasteiger partial charge on any atom is -0.482 e. The summed E-state index contributed by atoms with van der Waals surface area (Å²) < 4.78 is 5.32. The van der Waals surface area contributed by atoms with Crippen LogP contribution < -0.4 is 20.7 Å². The molecule has 0 radical (unpaired) electrons. The van der Waals surface area contributed by atoms with E-state index in [-0.39, 0.29) is 24.6 Å². The molecule has 1 aliphatic heterocycles. The highest BCUT2D eigenvalue weighted by molar-refractivity contribution is 5.96. The molecule has 8 nitrogen and oxygen atoms in total. The molecule has 1 aromatic carbocycles. The highest BCUT2D eigenvalue weighted by Crippen LogP contribution is 2.30. The highest BCUT2D eigenvalue weighted by Gasteiger charge is 2.17. The van der Waals surface area contributed by atoms with Gasteiger partial charge in [-0.05, 0) is 32.0 Å². The predicted octanol–water partition coefficient (Wildman–Crippen LogP) is 1.80. The molecule has 1 aromatic heterocycles. The Labute approximate surface area is 139 Å². The van der Waals surface area contributed by atoms with E-state index >= 15 is 0 Å². The first-order valence-corrected chi connectivity index (χ1v) is 7.65. The number of anilines is 2. The molecule has 0 aliphatic carbocycles. The average Bonchev–Trinajstić information content (AvgIpc) is 2.92. The van der Waals surface area contributed by atoms with Gasteiger partial charge in [-0.3, -0.25) is 9.89 Å². The van der Waals surface area contributed by atoms with Gasteiger partial charge in [0.1, 0.15) is 5.75 Å². The SMILES string of the molecule is Cc1cc(C[C@@H](C)NC(=O)Nc2ccc3c(c2)OCC(=O)N3)n[nH]1. The maximum atomic E-state index is 12.1. The monoisotopic (exact) mass is 329 g/mol. The molecule has 0 spiro atoms. The number of carbonyl (C=O) groups is 2. The quantitative estimate of drug-likeness (QED) is 0.686. The van der Waals surface area contributed by atoms with Crippen LogP contribution in [0.25, 0.3) is 0 Å². The second kappa shape index (κ2) is 6.61. The Morgan fingerprint density at radius 3 is 3.00 bits per heavy atom. The summed E-state index contributed by atoms with van der Waals surface area (Å²) in [7, 11) is 0. The maximum Gasteiger partial charge on any atom is 0.319 e. The van der Waals surface area contributed by atoms with Crippen molar-refractivity contribution < 1.29 is 14.3 Å². The molecule has 24 heavy (non-hydrogen) atoms. The molecule has 0 saturated heterocycles. The van der Waals surface area contributed by atoms with Gasteiger partial charge < -0.3 is 20.7 Å². The van der Waals surface area contributed by atoms with Gasteiger partial charge in [0.2, 0.25) is 0 Å². The van der Waals surface area contributed by atoms with Crippen LogP contribution in [0.3, 0.4) is 0 Å². The molecule has 1 aliphatic rings. The maximum absolute atomic E-state index is 12.1. The Bertz CT molecular complexity index is 771. The third kappa shape index (κ3) is 3.83. The van der Waals surface area contributed by atoms with Crippen LogP contribution in [0.5, 0.6) is 5.75 Å². The number of aryl methyl sites for hydroxylation is 1. The van der Waals surface area contributed by atoms with Crippen molar-refractivity contribution in [3.8, 4) is 5.75 Å². The Hall–Kier alpha value is -3.03. The fourth-order valence-electron chi connectivity index (χ4n) is 2.49. The minimum atomic E-state index is -0.311. The summed E-state index contributed by atoms with van der Waals surface area (Å²) in [6.45, 7) is 3.82. The number of benzene rings is 1. The molecule has 2 aromatic rings. The smallest absolute Gasteiger partial charge is 0.319 e. The zero-order valence-corrected chi connectivity index (χ0v) is 13.5. The number of aromatic amines is 1. The number of H-pyrrole nitrogens is 1. The number of nitrogens with one attached hydrogen (secondary N) is 4. The number of hydrogen-bond donors (Lipinski definition) is 4. The number of ether oxygens (including phenoxy) is 1. The molecule has 2 heterocycles. The lowest BCUT2D eigenvalue weighted by atomic mass is 10.2. The van der Waals surface area contributed by atoms with Gasteiger partial charge in [-0.2, -0.15) is 5.10 Å². The lowest BCUT2D eigenvalue weighted by molar-refractivity contribution is -0.118. The van der Waals surface area contributed by atoms with Gasteiger partial charge in [-0.25, -0.2) is 4.79 Å². The number of fused-ring (bicyclic) bond motifs is 1. The lowest BCUT2D eigenvalue weighted by Crippen LogP contribution is -2.37. The summed E-state index contributed by atoms with van der Waals surface area (Å²) in [6, 6.07) is 6.64. The van der Waals surface area contributed by atoms with E-state index in [2.05, 4.69) is 26.1 Å². The number of amides is 3. The molecular weight excluding hydrogens is 310 g/mol. The van der Waals surface area contributed by atoms with Gasteiger partial charge in [0, 0.05) is 29.9 Å². The van der Waals surface area contributed by atoms with Crippen LogP contribution >= 0.6 is 0 Å². The zero-order valence-electron chi connectivity index (χ0n) is 13.5. The van der Waals surface area contributed by atoms with Crippen molar-refractivity contribution in [3.05, 3.63) is 35.7 Å². The number of hydrogen-bond acceptors (Lipinski definition) is 4. The summed E-state index contributed by atoms with van der Waals surface area (Å²) in [6.07, 6.45) is 0.636. The summed E-state index contributed by atoms with van der Waals surface area (Å²) in [4.78, 5) is 23.3. The molecule has 8 heteroatoms. The van der Waals surface area contributed by atoms with Crippen LogP contribution in [0.4, 0.5) is 16.2 Å². The number of aromatic nitrogens is 2. The summed E-state index contributed by atoms with van der Waals surface area (Å²) >= 11 is 0. The van der Waals surface area contributed by atoms with Gasteiger partial charge in [-0.1, -0.05) is 0 Å². The zero-order chi connectivity index (χ0) is 17.1. The molecule has 1 atom stereocenters. The standard InChI is InChI=1S/C16H19N5O3/c1-9(5-12-6-10(2)20-21-12)17-16(23)18-11-3-4-13-14(7-11)24-8-15(22)19-13/h3-4,6-7,9H,5,8H2,1-2H3,(H,19,22)(H,20,21)(H2,17,18,23)/t9-/m1/s1. The van der Waals surface area contributed by atoms with E-state index in [1.807, 2.05) is 19.9 Å². The van der Waals surface area contributed by atoms with E-state index in [0.29, 0.717) is 23.5 Å². The predicted molar refractivity (Wildman–Crippen MR) is 89.2 cm³/mol. The van der Waals surface area contributed by atoms with Crippen LogP contribution in [0.2, 0.25) is 0 Å². The van der Waals surface area contributed by atoms with E-state index in [9.17, 15) is 9.59 Å². The molecule has 0 saturated carbocycles. The normalized spacial score (nSPS) is 14.2. The first kappa shape index (κ1) is 15.9. The van der Waals surface area contributed by atoms with E-state index in [0.717, 1.165) is 11.4 Å². The Kier molecular flexibility index (Phi) is 4.37. The van der Waals surface area contributed by atoms with Gasteiger partial charge >= 0.3 is 6.03 Å². The third-order valence-corrected chi connectivity index (χ3v) is 3.52. The first-order chi connectivity index (χ1) is 11.5. The van der Waals surface area contributed by atoms with Crippen LogP contribution in [0, 0.1) is 6.92 Å². The number of carbonyl (C=O) groups excluding carboxylic acids is 2. The first-order valence-electron chi connectivity index (χ1n) is 7.65. The van der Waals surface area contributed by atoms with Crippen LogP contribution in [0.15, 0.2) is 24.3 Å². The van der Waals surface area contributed by atoms with Crippen molar-refractivity contribution in [2.24, 2.45) is 0 Å². The van der Waals surface area contributed by atoms with Crippen molar-refractivity contribution in [1.29, 1.82) is 0 Å². The molecular formula is C16H19N5O3. The van der Waals surface area contributed by atoms with Gasteiger partial charge in [-0.15, -0.1) is 0 Å². The Balaban J connectivity index is 1.55. The summed E-state index contributed by atoms with van der Waals surface area (Å²) in [5.41, 5.74) is 3.07. The van der Waals surface area contributed by atoms with E-state index in [1.54, 1.807) is 18.2 Å². The van der Waals surface area contributed by atoms with E-state index in [4.69, 9.17) is 4.74 Å². The van der Waals surface area contributed by atoms with Crippen LogP contribution in [0.1, 0.15) is 18.3 Å². The fraction of sp³-hybridized carbons (Fsp3) is 0.312.